The number of esters is 4. The number of hydrogen-bond acceptors (Lipinski definition) is 20. The van der Waals surface area contributed by atoms with E-state index in [0.29, 0.717) is 24.5 Å². The Balaban J connectivity index is 1.42. The van der Waals surface area contributed by atoms with E-state index in [1.54, 1.807) is 13.8 Å². The number of pyridine rings is 4. The first kappa shape index (κ1) is 52.7. The molecule has 6 aromatic heterocycles. The van der Waals surface area contributed by atoms with Gasteiger partial charge in [0, 0.05) is 62.0 Å². The molecule has 2 N–H and O–H groups in total. The van der Waals surface area contributed by atoms with Crippen LogP contribution in [0.1, 0.15) is 90.9 Å². The zero-order chi connectivity index (χ0) is 51.6. The molecule has 0 aromatic carbocycles. The number of aryl methyl sites for hydroxylation is 2. The van der Waals surface area contributed by atoms with Crippen LogP contribution in [-0.2, 0) is 41.6 Å². The molecule has 0 spiro atoms. The lowest BCUT2D eigenvalue weighted by Gasteiger charge is -2.26. The van der Waals surface area contributed by atoms with E-state index < -0.39 is 58.7 Å². The van der Waals surface area contributed by atoms with E-state index in [1.165, 1.54) is 124 Å². The van der Waals surface area contributed by atoms with Crippen LogP contribution in [0.5, 0.6) is 0 Å². The van der Waals surface area contributed by atoms with E-state index >= 15 is 0 Å². The minimum absolute atomic E-state index is 0.0227. The third-order valence-electron chi connectivity index (χ3n) is 10.1. The normalized spacial score (nSPS) is 12.4. The molecule has 72 heavy (non-hydrogen) atoms. The summed E-state index contributed by atoms with van der Waals surface area (Å²) in [5.41, 5.74) is -3.45. The van der Waals surface area contributed by atoms with Crippen LogP contribution in [0.2, 0.25) is 0 Å². The van der Waals surface area contributed by atoms with Gasteiger partial charge in [-0.1, -0.05) is 0 Å². The maximum Gasteiger partial charge on any atom is 0.344 e. The van der Waals surface area contributed by atoms with E-state index in [2.05, 4.69) is 39.9 Å². The molecule has 370 valence electrons. The van der Waals surface area contributed by atoms with Crippen molar-refractivity contribution in [1.29, 1.82) is 0 Å². The summed E-state index contributed by atoms with van der Waals surface area (Å²) < 4.78 is 23.9. The van der Waals surface area contributed by atoms with Crippen molar-refractivity contribution in [3.63, 3.8) is 0 Å². The highest BCUT2D eigenvalue weighted by Gasteiger charge is 2.30. The van der Waals surface area contributed by atoms with Crippen molar-refractivity contribution in [3.8, 4) is 0 Å². The zero-order valence-corrected chi connectivity index (χ0v) is 40.5. The number of ether oxygens (including phenoxy) is 4. The minimum Gasteiger partial charge on any atom is -0.446 e. The van der Waals surface area contributed by atoms with Gasteiger partial charge < -0.3 is 38.7 Å². The van der Waals surface area contributed by atoms with Crippen molar-refractivity contribution in [2.45, 2.75) is 64.5 Å². The van der Waals surface area contributed by atoms with Crippen molar-refractivity contribution < 1.29 is 47.7 Å². The first-order valence-electron chi connectivity index (χ1n) is 21.4. The maximum atomic E-state index is 13.8. The van der Waals surface area contributed by atoms with Gasteiger partial charge in [0.25, 0.3) is 11.1 Å². The Morgan fingerprint density at radius 3 is 1.18 bits per heavy atom. The Labute approximate surface area is 417 Å². The lowest BCUT2D eigenvalue weighted by molar-refractivity contribution is -0.117. The van der Waals surface area contributed by atoms with Crippen LogP contribution in [0, 0.1) is 13.8 Å². The third-order valence-corrected chi connectivity index (χ3v) is 12.8. The number of amides is 2. The van der Waals surface area contributed by atoms with Gasteiger partial charge >= 0.3 is 23.9 Å². The molecule has 6 aromatic rings. The third kappa shape index (κ3) is 14.9. The SMILES string of the molecule is C/C(=C(\CC(OC(=O)c1cccnc1)SSC(C/C(OC(=O)c1cccnc1)=C(\C)N(C=O)Cc1cnc(C)[nH]c1=O)OC(=O)c1cccnc1)OC(=O)c1cccnc1)N(C=O)Cc1cnc(C)[nH]c1=O. The molecule has 2 amide bonds. The Kier molecular flexibility index (Phi) is 18.9. The van der Waals surface area contributed by atoms with Gasteiger partial charge in [-0.2, -0.15) is 0 Å². The number of H-pyrrole nitrogens is 2. The van der Waals surface area contributed by atoms with Gasteiger partial charge in [-0.3, -0.25) is 39.1 Å². The molecule has 0 aliphatic rings. The first-order chi connectivity index (χ1) is 34.7. The van der Waals surface area contributed by atoms with Gasteiger partial charge in [-0.05, 0) is 97.8 Å². The van der Waals surface area contributed by atoms with E-state index in [9.17, 15) is 38.4 Å². The van der Waals surface area contributed by atoms with Crippen molar-refractivity contribution in [2.24, 2.45) is 0 Å². The highest BCUT2D eigenvalue weighted by Crippen LogP contribution is 2.40. The Hall–Kier alpha value is -8.64. The van der Waals surface area contributed by atoms with Gasteiger partial charge in [-0.15, -0.1) is 0 Å². The number of hydrogen-bond donors (Lipinski definition) is 2. The summed E-state index contributed by atoms with van der Waals surface area (Å²) in [6.45, 7) is 5.41. The maximum absolute atomic E-state index is 13.8. The first-order valence-corrected chi connectivity index (χ1v) is 23.7. The summed E-state index contributed by atoms with van der Waals surface area (Å²) in [5.74, 6) is -3.29. The van der Waals surface area contributed by atoms with Gasteiger partial charge in [0.1, 0.15) is 23.2 Å². The monoisotopic (exact) mass is 1020 g/mol. The molecule has 0 radical (unpaired) electrons. The molecule has 0 saturated heterocycles. The molecule has 22 nitrogen and oxygen atoms in total. The highest BCUT2D eigenvalue weighted by atomic mass is 33.1. The minimum atomic E-state index is -1.37. The second-order valence-corrected chi connectivity index (χ2v) is 17.7. The number of aromatic nitrogens is 8. The van der Waals surface area contributed by atoms with Crippen LogP contribution in [0.15, 0.2) is 143 Å². The summed E-state index contributed by atoms with van der Waals surface area (Å²) in [7, 11) is 1.63. The quantitative estimate of drug-likeness (QED) is 0.0204. The van der Waals surface area contributed by atoms with E-state index in [0.717, 1.165) is 31.4 Å². The lowest BCUT2D eigenvalue weighted by atomic mass is 10.2. The molecule has 0 aliphatic heterocycles. The van der Waals surface area contributed by atoms with Crippen LogP contribution < -0.4 is 11.1 Å². The lowest BCUT2D eigenvalue weighted by Crippen LogP contribution is -2.28. The Bertz CT molecular complexity index is 2870. The number of carbonyl (C=O) groups is 6. The fourth-order valence-corrected chi connectivity index (χ4v) is 8.52. The predicted molar refractivity (Wildman–Crippen MR) is 258 cm³/mol. The van der Waals surface area contributed by atoms with Crippen molar-refractivity contribution in [3.05, 3.63) is 199 Å². The second-order valence-electron chi connectivity index (χ2n) is 15.1. The van der Waals surface area contributed by atoms with Crippen molar-refractivity contribution >= 4 is 58.3 Å². The second kappa shape index (κ2) is 25.8. The predicted octanol–water partition coefficient (Wildman–Crippen LogP) is 5.37. The van der Waals surface area contributed by atoms with Gasteiger partial charge in [0.15, 0.2) is 10.9 Å². The molecular formula is C48H44N10O12S2. The van der Waals surface area contributed by atoms with Gasteiger partial charge in [0.2, 0.25) is 12.8 Å². The largest absolute Gasteiger partial charge is 0.446 e. The van der Waals surface area contributed by atoms with E-state index in [1.807, 2.05) is 0 Å². The molecule has 0 fully saturated rings. The smallest absolute Gasteiger partial charge is 0.344 e. The molecule has 0 aliphatic carbocycles. The van der Waals surface area contributed by atoms with E-state index in [-0.39, 0.29) is 69.4 Å². The fourth-order valence-electron chi connectivity index (χ4n) is 6.20. The van der Waals surface area contributed by atoms with Crippen molar-refractivity contribution in [2.75, 3.05) is 0 Å². The average Bonchev–Trinajstić information content (AvgIpc) is 3.39. The number of aromatic amines is 2. The molecule has 0 saturated carbocycles. The van der Waals surface area contributed by atoms with Gasteiger partial charge in [0.05, 0.1) is 70.7 Å². The Morgan fingerprint density at radius 2 is 0.889 bits per heavy atom. The molecule has 6 rings (SSSR count). The van der Waals surface area contributed by atoms with E-state index in [4.69, 9.17) is 18.9 Å². The number of nitrogens with zero attached hydrogens (tertiary/aromatic N) is 8. The fraction of sp³-hybridized carbons (Fsp3) is 0.208. The topological polar surface area (TPSA) is 289 Å². The van der Waals surface area contributed by atoms with Crippen LogP contribution in [-0.4, -0.2) is 97.2 Å². The number of nitrogens with one attached hydrogen (secondary N) is 2. The number of allylic oxidation sites excluding steroid dienone is 2. The molecule has 24 heteroatoms. The molecule has 0 bridgehead atoms. The summed E-state index contributed by atoms with van der Waals surface area (Å²) in [6, 6.07) is 11.8. The van der Waals surface area contributed by atoms with Crippen LogP contribution >= 0.6 is 21.6 Å². The molecule has 6 heterocycles. The summed E-state index contributed by atoms with van der Waals surface area (Å²) in [4.78, 5) is 138. The molecule has 2 unspecified atom stereocenters. The van der Waals surface area contributed by atoms with Crippen molar-refractivity contribution in [1.82, 2.24) is 49.7 Å². The Morgan fingerprint density at radius 1 is 0.556 bits per heavy atom. The molecule has 2 atom stereocenters. The number of rotatable bonds is 23. The summed E-state index contributed by atoms with van der Waals surface area (Å²) in [5, 5.41) is 0. The van der Waals surface area contributed by atoms with Gasteiger partial charge in [-0.25, -0.2) is 29.1 Å². The average molecular weight is 1020 g/mol. The molecular weight excluding hydrogens is 973 g/mol. The summed E-state index contributed by atoms with van der Waals surface area (Å²) >= 11 is 0. The van der Waals surface area contributed by atoms with Crippen LogP contribution in [0.25, 0.3) is 0 Å². The zero-order valence-electron chi connectivity index (χ0n) is 38.8. The standard InChI is InChI=1S/C48H44N10O12S2/c1-29(57(27-59)25-37-23-53-31(3)55-43(37)61)39(67-45(63)33-9-5-13-49-19-33)17-41(69-47(65)35-11-7-15-51-21-35)71-72-42(70-48(66)36-12-8-16-52-22-36)18-40(68-46(64)34-10-6-14-50-20-34)30(2)58(28-60)26-38-24-54-32(4)56-44(38)62/h5-16,19-24,27-28,41-42H,17-18,25-26H2,1-4H3,(H,53,55,61)(H,54,56,62)/b39-29-,40-30-. The number of carbonyl (C=O) groups excluding carboxylic acids is 6. The van der Waals surface area contributed by atoms with Crippen LogP contribution in [0.4, 0.5) is 0 Å². The van der Waals surface area contributed by atoms with Crippen LogP contribution in [0.3, 0.4) is 0 Å². The summed E-state index contributed by atoms with van der Waals surface area (Å²) in [6.07, 6.45) is 13.3. The highest BCUT2D eigenvalue weighted by molar-refractivity contribution is 8.77.